The number of ether oxygens (including phenoxy) is 2. The fourth-order valence-corrected chi connectivity index (χ4v) is 3.67. The van der Waals surface area contributed by atoms with E-state index in [9.17, 15) is 4.79 Å². The molecular formula is C21H24N4O3. The average molecular weight is 380 g/mol. The first kappa shape index (κ1) is 18.3. The average Bonchev–Trinajstić information content (AvgIpc) is 3.15. The van der Waals surface area contributed by atoms with Crippen molar-refractivity contribution < 1.29 is 14.3 Å². The summed E-state index contributed by atoms with van der Waals surface area (Å²) in [7, 11) is 3.25. The number of fused-ring (bicyclic) bond motifs is 2. The number of methoxy groups -OCH3 is 2. The smallest absolute Gasteiger partial charge is 0.255 e. The predicted octanol–water partition coefficient (Wildman–Crippen LogP) is 3.23. The van der Waals surface area contributed by atoms with Crippen LogP contribution < -0.4 is 9.47 Å². The zero-order valence-electron chi connectivity index (χ0n) is 16.6. The molecule has 1 amide bonds. The van der Waals surface area contributed by atoms with Crippen LogP contribution in [0.3, 0.4) is 0 Å². The molecule has 0 atom stereocenters. The molecule has 0 radical (unpaired) electrons. The van der Waals surface area contributed by atoms with E-state index >= 15 is 0 Å². The first-order chi connectivity index (χ1) is 13.5. The largest absolute Gasteiger partial charge is 0.493 e. The van der Waals surface area contributed by atoms with Crippen LogP contribution in [0.1, 0.15) is 41.4 Å². The normalized spacial score (nSPS) is 13.7. The number of hydrogen-bond acceptors (Lipinski definition) is 5. The lowest BCUT2D eigenvalue weighted by atomic mass is 9.98. The van der Waals surface area contributed by atoms with Crippen LogP contribution in [-0.2, 0) is 13.0 Å². The lowest BCUT2D eigenvalue weighted by Crippen LogP contribution is -2.36. The van der Waals surface area contributed by atoms with Crippen LogP contribution in [0.5, 0.6) is 11.5 Å². The fraction of sp³-hybridized carbons (Fsp3) is 0.381. The van der Waals surface area contributed by atoms with E-state index in [-0.39, 0.29) is 11.9 Å². The molecule has 0 spiro atoms. The maximum atomic E-state index is 13.1. The minimum atomic E-state index is -0.0212. The highest BCUT2D eigenvalue weighted by Crippen LogP contribution is 2.33. The topological polar surface area (TPSA) is 69.5 Å². The summed E-state index contributed by atoms with van der Waals surface area (Å²) < 4.78 is 12.7. The molecular weight excluding hydrogens is 356 g/mol. The highest BCUT2D eigenvalue weighted by Gasteiger charge is 2.24. The molecule has 7 nitrogen and oxygen atoms in total. The molecule has 1 aliphatic rings. The Morgan fingerprint density at radius 2 is 1.79 bits per heavy atom. The van der Waals surface area contributed by atoms with Gasteiger partial charge in [0.05, 0.1) is 26.0 Å². The fourth-order valence-electron chi connectivity index (χ4n) is 3.67. The van der Waals surface area contributed by atoms with Crippen molar-refractivity contribution >= 4 is 16.9 Å². The number of carbonyl (C=O) groups excluding carboxylic acids is 1. The van der Waals surface area contributed by atoms with Crippen LogP contribution in [0.2, 0.25) is 0 Å². The Morgan fingerprint density at radius 1 is 1.07 bits per heavy atom. The number of carbonyl (C=O) groups is 1. The van der Waals surface area contributed by atoms with E-state index in [1.807, 2.05) is 27.8 Å². The van der Waals surface area contributed by atoms with E-state index in [1.54, 1.807) is 26.6 Å². The van der Waals surface area contributed by atoms with Gasteiger partial charge < -0.3 is 14.4 Å². The van der Waals surface area contributed by atoms with E-state index in [0.717, 1.165) is 28.8 Å². The summed E-state index contributed by atoms with van der Waals surface area (Å²) in [5.74, 6) is 1.38. The molecule has 0 saturated heterocycles. The standard InChI is InChI=1S/C21H24N4O3/c1-13(2)25-20-15(11-23-25)7-16(10-22-20)21(26)24-6-5-14-8-18(27-3)19(28-4)9-17(14)12-24/h7-11,13H,5-6,12H2,1-4H3. The minimum absolute atomic E-state index is 0.0212. The Morgan fingerprint density at radius 3 is 2.46 bits per heavy atom. The second kappa shape index (κ2) is 7.14. The number of hydrogen-bond donors (Lipinski definition) is 0. The molecule has 0 unspecified atom stereocenters. The van der Waals surface area contributed by atoms with Crippen LogP contribution >= 0.6 is 0 Å². The van der Waals surface area contributed by atoms with Gasteiger partial charge in [0.25, 0.3) is 5.91 Å². The van der Waals surface area contributed by atoms with Crippen molar-refractivity contribution in [1.82, 2.24) is 19.7 Å². The van der Waals surface area contributed by atoms with Crippen LogP contribution in [0.15, 0.2) is 30.6 Å². The van der Waals surface area contributed by atoms with Gasteiger partial charge in [-0.05, 0) is 49.6 Å². The van der Waals surface area contributed by atoms with E-state index < -0.39 is 0 Å². The molecule has 146 valence electrons. The molecule has 7 heteroatoms. The zero-order valence-corrected chi connectivity index (χ0v) is 16.6. The maximum Gasteiger partial charge on any atom is 0.255 e. The van der Waals surface area contributed by atoms with Crippen LogP contribution in [0.25, 0.3) is 11.0 Å². The highest BCUT2D eigenvalue weighted by atomic mass is 16.5. The summed E-state index contributed by atoms with van der Waals surface area (Å²) in [4.78, 5) is 19.4. The number of rotatable bonds is 4. The van der Waals surface area contributed by atoms with Crippen molar-refractivity contribution in [3.8, 4) is 11.5 Å². The highest BCUT2D eigenvalue weighted by molar-refractivity contribution is 5.97. The summed E-state index contributed by atoms with van der Waals surface area (Å²) in [5, 5.41) is 5.25. The van der Waals surface area contributed by atoms with Gasteiger partial charge >= 0.3 is 0 Å². The molecule has 1 aliphatic heterocycles. The summed E-state index contributed by atoms with van der Waals surface area (Å²) in [6.45, 7) is 5.31. The van der Waals surface area contributed by atoms with Gasteiger partial charge in [0.15, 0.2) is 17.1 Å². The molecule has 4 rings (SSSR count). The molecule has 3 aromatic rings. The third-order valence-electron chi connectivity index (χ3n) is 5.17. The van der Waals surface area contributed by atoms with Gasteiger partial charge in [0.1, 0.15) is 0 Å². The number of pyridine rings is 1. The van der Waals surface area contributed by atoms with Crippen LogP contribution in [-0.4, -0.2) is 46.3 Å². The van der Waals surface area contributed by atoms with Gasteiger partial charge in [0, 0.05) is 30.7 Å². The SMILES string of the molecule is COc1cc2c(cc1OC)CN(C(=O)c1cnc3c(cnn3C(C)C)c1)CC2. The van der Waals surface area contributed by atoms with E-state index in [4.69, 9.17) is 9.47 Å². The molecule has 0 bridgehead atoms. The molecule has 0 N–H and O–H groups in total. The lowest BCUT2D eigenvalue weighted by Gasteiger charge is -2.29. The van der Waals surface area contributed by atoms with E-state index in [1.165, 1.54) is 5.56 Å². The van der Waals surface area contributed by atoms with E-state index in [2.05, 4.69) is 23.9 Å². The monoisotopic (exact) mass is 380 g/mol. The summed E-state index contributed by atoms with van der Waals surface area (Å²) in [5.41, 5.74) is 3.65. The van der Waals surface area contributed by atoms with Gasteiger partial charge in [-0.25, -0.2) is 9.67 Å². The molecule has 1 aromatic carbocycles. The summed E-state index contributed by atoms with van der Waals surface area (Å²) in [6.07, 6.45) is 4.19. The number of nitrogens with zero attached hydrogens (tertiary/aromatic N) is 4. The van der Waals surface area contributed by atoms with Crippen molar-refractivity contribution in [2.45, 2.75) is 32.9 Å². The number of benzene rings is 1. The predicted molar refractivity (Wildman–Crippen MR) is 106 cm³/mol. The molecule has 28 heavy (non-hydrogen) atoms. The minimum Gasteiger partial charge on any atom is -0.493 e. The second-order valence-electron chi connectivity index (χ2n) is 7.27. The van der Waals surface area contributed by atoms with Crippen molar-refractivity contribution in [2.24, 2.45) is 0 Å². The molecule has 3 heterocycles. The first-order valence-electron chi connectivity index (χ1n) is 9.38. The zero-order chi connectivity index (χ0) is 19.8. The number of amides is 1. The maximum absolute atomic E-state index is 13.1. The Balaban J connectivity index is 1.60. The third-order valence-corrected chi connectivity index (χ3v) is 5.17. The summed E-state index contributed by atoms with van der Waals surface area (Å²) in [6, 6.07) is 6.06. The quantitative estimate of drug-likeness (QED) is 0.695. The molecule has 2 aromatic heterocycles. The number of aromatic nitrogens is 3. The van der Waals surface area contributed by atoms with Gasteiger partial charge in [-0.1, -0.05) is 0 Å². The second-order valence-corrected chi connectivity index (χ2v) is 7.27. The van der Waals surface area contributed by atoms with E-state index in [0.29, 0.717) is 24.4 Å². The van der Waals surface area contributed by atoms with Gasteiger partial charge in [-0.2, -0.15) is 5.10 Å². The molecule has 0 fully saturated rings. The van der Waals surface area contributed by atoms with Crippen molar-refractivity contribution in [1.29, 1.82) is 0 Å². The Kier molecular flexibility index (Phi) is 4.66. The Labute approximate surface area is 163 Å². The molecule has 0 saturated carbocycles. The van der Waals surface area contributed by atoms with Gasteiger partial charge in [0.2, 0.25) is 0 Å². The third kappa shape index (κ3) is 3.06. The van der Waals surface area contributed by atoms with Crippen molar-refractivity contribution in [2.75, 3.05) is 20.8 Å². The Hall–Kier alpha value is -3.09. The van der Waals surface area contributed by atoms with Gasteiger partial charge in [-0.3, -0.25) is 4.79 Å². The molecule has 0 aliphatic carbocycles. The van der Waals surface area contributed by atoms with Gasteiger partial charge in [-0.15, -0.1) is 0 Å². The first-order valence-corrected chi connectivity index (χ1v) is 9.38. The van der Waals surface area contributed by atoms with Crippen LogP contribution in [0, 0.1) is 0 Å². The summed E-state index contributed by atoms with van der Waals surface area (Å²) >= 11 is 0. The van der Waals surface area contributed by atoms with Crippen molar-refractivity contribution in [3.63, 3.8) is 0 Å². The van der Waals surface area contributed by atoms with Crippen molar-refractivity contribution in [3.05, 3.63) is 47.3 Å². The van der Waals surface area contributed by atoms with Crippen LogP contribution in [0.4, 0.5) is 0 Å². The lowest BCUT2D eigenvalue weighted by molar-refractivity contribution is 0.0734. The Bertz CT molecular complexity index is 1040.